The molecule has 0 bridgehead atoms. The molecule has 0 radical (unpaired) electrons. The molecule has 21 heavy (non-hydrogen) atoms. The Morgan fingerprint density at radius 3 is 2.38 bits per heavy atom. The lowest BCUT2D eigenvalue weighted by atomic mass is 10.2. The first-order valence-corrected chi connectivity index (χ1v) is 7.05. The third-order valence-electron chi connectivity index (χ3n) is 2.39. The van der Waals surface area contributed by atoms with E-state index in [-0.39, 0.29) is 27.4 Å². The molecule has 120 valence electrons. The first-order chi connectivity index (χ1) is 9.51. The van der Waals surface area contributed by atoms with Gasteiger partial charge in [-0.1, -0.05) is 0 Å². The van der Waals surface area contributed by atoms with Crippen molar-refractivity contribution in [3.8, 4) is 5.75 Å². The van der Waals surface area contributed by atoms with Crippen molar-refractivity contribution in [3.05, 3.63) is 4.88 Å². The third-order valence-corrected chi connectivity index (χ3v) is 3.52. The number of carbonyl (C=O) groups is 1. The molecule has 0 aliphatic carbocycles. The molecule has 1 rings (SSSR count). The van der Waals surface area contributed by atoms with E-state index >= 15 is 0 Å². The number of rotatable bonds is 6. The summed E-state index contributed by atoms with van der Waals surface area (Å²) in [5, 5.41) is 2.94. The summed E-state index contributed by atoms with van der Waals surface area (Å²) < 4.78 is 42.6. The monoisotopic (exact) mass is 325 g/mol. The number of ether oxygens (including phenoxy) is 1. The van der Waals surface area contributed by atoms with E-state index in [0.717, 1.165) is 11.3 Å². The van der Waals surface area contributed by atoms with Crippen LogP contribution in [0.3, 0.4) is 0 Å². The van der Waals surface area contributed by atoms with Crippen LogP contribution in [0.5, 0.6) is 5.75 Å². The summed E-state index contributed by atoms with van der Waals surface area (Å²) in [5.41, 5.74) is 11.0. The van der Waals surface area contributed by atoms with Crippen molar-refractivity contribution >= 4 is 27.9 Å². The molecule has 0 aromatic carbocycles. The van der Waals surface area contributed by atoms with Crippen molar-refractivity contribution in [2.75, 3.05) is 11.1 Å². The molecule has 1 atom stereocenters. The first-order valence-electron chi connectivity index (χ1n) is 6.23. The first kappa shape index (κ1) is 17.4. The fraction of sp³-hybridized carbons (Fsp3) is 0.583. The van der Waals surface area contributed by atoms with Crippen LogP contribution in [0.15, 0.2) is 0 Å². The molecule has 1 aromatic heterocycles. The molecule has 5 nitrogen and oxygen atoms in total. The van der Waals surface area contributed by atoms with Crippen molar-refractivity contribution in [2.24, 2.45) is 5.73 Å². The Kier molecular flexibility index (Phi) is 5.32. The second-order valence-electron chi connectivity index (χ2n) is 4.90. The standard InChI is InChI=1S/C12H18F3N3O2S/c1-5(2)20-8-7(16)9(10(17)19)21-11(8)18-6(3)4-12(13,14)15/h5-6,18H,4,16H2,1-3H3,(H2,17,19). The normalized spacial score (nSPS) is 13.3. The van der Waals surface area contributed by atoms with Gasteiger partial charge in [0.25, 0.3) is 5.91 Å². The van der Waals surface area contributed by atoms with Crippen LogP contribution in [0.4, 0.5) is 23.9 Å². The quantitative estimate of drug-likeness (QED) is 0.750. The van der Waals surface area contributed by atoms with Crippen molar-refractivity contribution in [2.45, 2.75) is 45.5 Å². The van der Waals surface area contributed by atoms with Crippen molar-refractivity contribution < 1.29 is 22.7 Å². The van der Waals surface area contributed by atoms with Crippen LogP contribution >= 0.6 is 11.3 Å². The highest BCUT2D eigenvalue weighted by Crippen LogP contribution is 2.43. The molecule has 0 aliphatic heterocycles. The van der Waals surface area contributed by atoms with Crippen molar-refractivity contribution in [1.82, 2.24) is 0 Å². The molecule has 0 fully saturated rings. The minimum absolute atomic E-state index is 0.0444. The van der Waals surface area contributed by atoms with Gasteiger partial charge in [-0.3, -0.25) is 4.79 Å². The predicted molar refractivity (Wildman–Crippen MR) is 76.8 cm³/mol. The van der Waals surface area contributed by atoms with Gasteiger partial charge >= 0.3 is 6.18 Å². The maximum atomic E-state index is 12.4. The zero-order valence-electron chi connectivity index (χ0n) is 11.9. The minimum atomic E-state index is -4.29. The third kappa shape index (κ3) is 5.00. The average molecular weight is 325 g/mol. The van der Waals surface area contributed by atoms with Crippen LogP contribution in [-0.2, 0) is 0 Å². The van der Waals surface area contributed by atoms with Crippen LogP contribution in [0.25, 0.3) is 0 Å². The second-order valence-corrected chi connectivity index (χ2v) is 5.92. The molecule has 5 N–H and O–H groups in total. The Balaban J connectivity index is 3.04. The lowest BCUT2D eigenvalue weighted by molar-refractivity contribution is -0.136. The molecule has 9 heteroatoms. The van der Waals surface area contributed by atoms with Crippen LogP contribution in [0.1, 0.15) is 36.9 Å². The van der Waals surface area contributed by atoms with Gasteiger partial charge in [0.15, 0.2) is 5.75 Å². The van der Waals surface area contributed by atoms with E-state index in [1.54, 1.807) is 13.8 Å². The summed E-state index contributed by atoms with van der Waals surface area (Å²) >= 11 is 0.888. The Morgan fingerprint density at radius 2 is 1.95 bits per heavy atom. The summed E-state index contributed by atoms with van der Waals surface area (Å²) in [4.78, 5) is 11.3. The smallest absolute Gasteiger partial charge is 0.391 e. The van der Waals surface area contributed by atoms with Gasteiger partial charge in [0.05, 0.1) is 12.5 Å². The van der Waals surface area contributed by atoms with E-state index in [1.165, 1.54) is 6.92 Å². The SMILES string of the molecule is CC(CC(F)(F)F)Nc1sc(C(N)=O)c(N)c1OC(C)C. The largest absolute Gasteiger partial charge is 0.486 e. The van der Waals surface area contributed by atoms with Gasteiger partial charge in [0, 0.05) is 6.04 Å². The van der Waals surface area contributed by atoms with Gasteiger partial charge in [0.2, 0.25) is 0 Å². The number of carbonyl (C=O) groups excluding carboxylic acids is 1. The van der Waals surface area contributed by atoms with Gasteiger partial charge in [0.1, 0.15) is 15.6 Å². The number of anilines is 2. The molecule has 0 saturated carbocycles. The van der Waals surface area contributed by atoms with Crippen LogP contribution in [0, 0.1) is 0 Å². The zero-order chi connectivity index (χ0) is 16.4. The Bertz CT molecular complexity index is 515. The highest BCUT2D eigenvalue weighted by molar-refractivity contribution is 7.19. The number of nitrogen functional groups attached to an aromatic ring is 1. The van der Waals surface area contributed by atoms with Crippen molar-refractivity contribution in [1.29, 1.82) is 0 Å². The number of nitrogens with one attached hydrogen (secondary N) is 1. The summed E-state index contributed by atoms with van der Waals surface area (Å²) in [6.07, 6.45) is -5.56. The van der Waals surface area contributed by atoms with Gasteiger partial charge in [-0.2, -0.15) is 13.2 Å². The molecule has 1 aromatic rings. The highest BCUT2D eigenvalue weighted by Gasteiger charge is 2.31. The fourth-order valence-corrected chi connectivity index (χ4v) is 2.70. The van der Waals surface area contributed by atoms with Gasteiger partial charge in [-0.05, 0) is 20.8 Å². The average Bonchev–Trinajstić information content (AvgIpc) is 2.54. The minimum Gasteiger partial charge on any atom is -0.486 e. The van der Waals surface area contributed by atoms with E-state index < -0.39 is 24.5 Å². The van der Waals surface area contributed by atoms with Crippen LogP contribution in [0.2, 0.25) is 0 Å². The maximum absolute atomic E-state index is 12.4. The number of alkyl halides is 3. The molecule has 0 aliphatic rings. The summed E-state index contributed by atoms with van der Waals surface area (Å²) in [6, 6.07) is -0.890. The van der Waals surface area contributed by atoms with E-state index in [0.29, 0.717) is 0 Å². The Hall–Kier alpha value is -1.64. The van der Waals surface area contributed by atoms with Gasteiger partial charge < -0.3 is 21.5 Å². The van der Waals surface area contributed by atoms with E-state index in [1.807, 2.05) is 0 Å². The molecule has 1 unspecified atom stereocenters. The van der Waals surface area contributed by atoms with Gasteiger partial charge in [-0.15, -0.1) is 11.3 Å². The molecule has 0 saturated heterocycles. The lowest BCUT2D eigenvalue weighted by Crippen LogP contribution is -2.23. The van der Waals surface area contributed by atoms with E-state index in [9.17, 15) is 18.0 Å². The number of amides is 1. The summed E-state index contributed by atoms with van der Waals surface area (Å²) in [6.45, 7) is 4.86. The number of thiophene rings is 1. The van der Waals surface area contributed by atoms with Crippen LogP contribution < -0.4 is 21.5 Å². The van der Waals surface area contributed by atoms with E-state index in [4.69, 9.17) is 16.2 Å². The van der Waals surface area contributed by atoms with Crippen LogP contribution in [-0.4, -0.2) is 24.2 Å². The number of hydrogen-bond acceptors (Lipinski definition) is 5. The number of halogens is 3. The maximum Gasteiger partial charge on any atom is 0.391 e. The number of nitrogens with two attached hydrogens (primary N) is 2. The Labute approximate surface area is 124 Å². The molecular formula is C12H18F3N3O2S. The van der Waals surface area contributed by atoms with E-state index in [2.05, 4.69) is 5.32 Å². The lowest BCUT2D eigenvalue weighted by Gasteiger charge is -2.18. The predicted octanol–water partition coefficient (Wildman–Crippen LogP) is 2.97. The number of hydrogen-bond donors (Lipinski definition) is 3. The molecular weight excluding hydrogens is 307 g/mol. The van der Waals surface area contributed by atoms with Gasteiger partial charge in [-0.25, -0.2) is 0 Å². The summed E-state index contributed by atoms with van der Waals surface area (Å²) in [7, 11) is 0. The fourth-order valence-electron chi connectivity index (χ4n) is 1.68. The molecule has 1 heterocycles. The molecule has 0 spiro atoms. The topological polar surface area (TPSA) is 90.4 Å². The second kappa shape index (κ2) is 6.42. The summed E-state index contributed by atoms with van der Waals surface area (Å²) in [5.74, 6) is -0.583. The number of primary amides is 1. The highest BCUT2D eigenvalue weighted by atomic mass is 32.1. The zero-order valence-corrected chi connectivity index (χ0v) is 12.7. The van der Waals surface area contributed by atoms with Crippen molar-refractivity contribution in [3.63, 3.8) is 0 Å². The molecule has 1 amide bonds. The Morgan fingerprint density at radius 1 is 1.38 bits per heavy atom.